The third kappa shape index (κ3) is 2.93. The number of benzene rings is 1. The van der Waals surface area contributed by atoms with Crippen molar-refractivity contribution in [2.45, 2.75) is 18.9 Å². The van der Waals surface area contributed by atoms with E-state index in [0.29, 0.717) is 12.5 Å². The summed E-state index contributed by atoms with van der Waals surface area (Å²) in [7, 11) is 0. The van der Waals surface area contributed by atoms with Crippen molar-refractivity contribution in [3.05, 3.63) is 33.6 Å². The summed E-state index contributed by atoms with van der Waals surface area (Å²) in [5, 5.41) is 20.9. The van der Waals surface area contributed by atoms with E-state index in [1.165, 1.54) is 4.90 Å². The minimum Gasteiger partial charge on any atom is -0.388 e. The molecule has 1 saturated heterocycles. The Labute approximate surface area is 119 Å². The van der Waals surface area contributed by atoms with Gasteiger partial charge >= 0.3 is 0 Å². The Bertz CT molecular complexity index is 605. The zero-order chi connectivity index (χ0) is 15.8. The van der Waals surface area contributed by atoms with Crippen LogP contribution in [0.5, 0.6) is 0 Å². The number of rotatable bonds is 3. The highest BCUT2D eigenvalue weighted by atomic mass is 19.1. The second-order valence-electron chi connectivity index (χ2n) is 5.22. The average Bonchev–Trinajstić information content (AvgIpc) is 2.77. The Morgan fingerprint density at radius 2 is 2.29 bits per heavy atom. The van der Waals surface area contributed by atoms with E-state index in [1.54, 1.807) is 6.92 Å². The van der Waals surface area contributed by atoms with E-state index in [2.05, 4.69) is 0 Å². The number of likely N-dealkylation sites (tertiary alicyclic amines) is 1. The lowest BCUT2D eigenvalue weighted by Gasteiger charge is -2.19. The summed E-state index contributed by atoms with van der Waals surface area (Å²) >= 11 is 0. The Balaban J connectivity index is 2.42. The van der Waals surface area contributed by atoms with Crippen LogP contribution in [0.4, 0.5) is 15.8 Å². The van der Waals surface area contributed by atoms with E-state index in [0.717, 1.165) is 6.07 Å². The maximum absolute atomic E-state index is 13.5. The Hall–Kier alpha value is -2.26. The summed E-state index contributed by atoms with van der Waals surface area (Å²) in [6.07, 6.45) is 0.371. The molecule has 1 aliphatic rings. The van der Waals surface area contributed by atoms with Crippen molar-refractivity contribution in [1.82, 2.24) is 4.90 Å². The molecule has 1 amide bonds. The fourth-order valence-electron chi connectivity index (χ4n) is 2.28. The number of β-amino-alcohol motifs (C(OH)–C–C–N with tert-alkyl or cyclic N) is 1. The number of carbonyl (C=O) groups is 1. The first-order chi connectivity index (χ1) is 9.75. The molecule has 0 radical (unpaired) electrons. The molecule has 0 spiro atoms. The molecule has 21 heavy (non-hydrogen) atoms. The lowest BCUT2D eigenvalue weighted by atomic mass is 10.1. The van der Waals surface area contributed by atoms with Crippen LogP contribution in [0.15, 0.2) is 12.1 Å². The molecule has 1 fully saturated rings. The van der Waals surface area contributed by atoms with E-state index >= 15 is 0 Å². The lowest BCUT2D eigenvalue weighted by Crippen LogP contribution is -2.34. The number of hydrazine groups is 1. The molecule has 1 atom stereocenters. The molecule has 4 N–H and O–H groups in total. The summed E-state index contributed by atoms with van der Waals surface area (Å²) in [5.74, 6) is 3.55. The van der Waals surface area contributed by atoms with Crippen molar-refractivity contribution in [2.75, 3.05) is 18.5 Å². The van der Waals surface area contributed by atoms with Gasteiger partial charge in [0, 0.05) is 13.1 Å². The molecule has 1 aromatic rings. The van der Waals surface area contributed by atoms with Crippen LogP contribution in [0.25, 0.3) is 0 Å². The lowest BCUT2D eigenvalue weighted by molar-refractivity contribution is -0.385. The summed E-state index contributed by atoms with van der Waals surface area (Å²) in [6.45, 7) is 1.91. The van der Waals surface area contributed by atoms with Gasteiger partial charge in [0.2, 0.25) is 0 Å². The molecule has 9 heteroatoms. The fraction of sp³-hybridized carbons (Fsp3) is 0.417. The largest absolute Gasteiger partial charge is 0.388 e. The molecule has 1 unspecified atom stereocenters. The van der Waals surface area contributed by atoms with Gasteiger partial charge in [-0.15, -0.1) is 0 Å². The Morgan fingerprint density at radius 3 is 2.76 bits per heavy atom. The minimum absolute atomic E-state index is 0.0613. The van der Waals surface area contributed by atoms with Gasteiger partial charge in [-0.1, -0.05) is 0 Å². The second kappa shape index (κ2) is 5.26. The number of amides is 1. The van der Waals surface area contributed by atoms with Gasteiger partial charge < -0.3 is 15.4 Å². The first-order valence-corrected chi connectivity index (χ1v) is 6.21. The summed E-state index contributed by atoms with van der Waals surface area (Å²) < 4.78 is 13.5. The van der Waals surface area contributed by atoms with Crippen molar-refractivity contribution in [3.8, 4) is 0 Å². The molecule has 2 rings (SSSR count). The first kappa shape index (κ1) is 15.1. The number of nitrogens with zero attached hydrogens (tertiary/aromatic N) is 2. The number of hydrogen-bond acceptors (Lipinski definition) is 6. The summed E-state index contributed by atoms with van der Waals surface area (Å²) in [4.78, 5) is 23.8. The van der Waals surface area contributed by atoms with Gasteiger partial charge in [0.1, 0.15) is 5.56 Å². The molecule has 1 aliphatic heterocycles. The predicted octanol–water partition coefficient (Wildman–Crippen LogP) is 0.616. The SMILES string of the molecule is CC1(O)CCN(C(=O)c2cc(NN)c(F)cc2[N+](=O)[O-])C1. The van der Waals surface area contributed by atoms with Crippen molar-refractivity contribution in [1.29, 1.82) is 0 Å². The molecule has 0 aliphatic carbocycles. The predicted molar refractivity (Wildman–Crippen MR) is 72.0 cm³/mol. The molecule has 1 heterocycles. The first-order valence-electron chi connectivity index (χ1n) is 6.21. The van der Waals surface area contributed by atoms with Gasteiger partial charge in [0.25, 0.3) is 11.6 Å². The molecule has 0 aromatic heterocycles. The van der Waals surface area contributed by atoms with E-state index in [1.807, 2.05) is 5.43 Å². The van der Waals surface area contributed by atoms with Crippen molar-refractivity contribution < 1.29 is 19.2 Å². The van der Waals surface area contributed by atoms with Crippen LogP contribution in [0, 0.1) is 15.9 Å². The molecule has 114 valence electrons. The van der Waals surface area contributed by atoms with Crippen LogP contribution in [-0.4, -0.2) is 39.5 Å². The Morgan fingerprint density at radius 1 is 1.62 bits per heavy atom. The van der Waals surface area contributed by atoms with Gasteiger partial charge in [-0.25, -0.2) is 4.39 Å². The standard InChI is InChI=1S/C12H15FN4O4/c1-12(19)2-3-16(6-12)11(18)7-4-9(15-14)8(13)5-10(7)17(20)21/h4-5,15,19H,2-3,6,14H2,1H3. The number of hydrogen-bond donors (Lipinski definition) is 3. The number of carbonyl (C=O) groups excluding carboxylic acids is 1. The third-order valence-corrected chi connectivity index (χ3v) is 3.41. The summed E-state index contributed by atoms with van der Waals surface area (Å²) in [6, 6.07) is 1.65. The zero-order valence-corrected chi connectivity index (χ0v) is 11.3. The number of anilines is 1. The number of nitrogens with two attached hydrogens (primary N) is 1. The second-order valence-corrected chi connectivity index (χ2v) is 5.22. The van der Waals surface area contributed by atoms with E-state index in [4.69, 9.17) is 5.84 Å². The molecule has 1 aromatic carbocycles. The van der Waals surface area contributed by atoms with Crippen LogP contribution in [0.2, 0.25) is 0 Å². The molecular formula is C12H15FN4O4. The van der Waals surface area contributed by atoms with Crippen molar-refractivity contribution in [3.63, 3.8) is 0 Å². The fourth-order valence-corrected chi connectivity index (χ4v) is 2.28. The summed E-state index contributed by atoms with van der Waals surface area (Å²) in [5.41, 5.74) is -0.103. The van der Waals surface area contributed by atoms with E-state index in [-0.39, 0.29) is 24.3 Å². The third-order valence-electron chi connectivity index (χ3n) is 3.41. The Kier molecular flexibility index (Phi) is 3.79. The topological polar surface area (TPSA) is 122 Å². The quantitative estimate of drug-likeness (QED) is 0.427. The van der Waals surface area contributed by atoms with Crippen LogP contribution < -0.4 is 11.3 Å². The number of aliphatic hydroxyl groups is 1. The number of nitrogen functional groups attached to an aromatic ring is 1. The number of nitro benzene ring substituents is 1. The minimum atomic E-state index is -1.03. The van der Waals surface area contributed by atoms with Crippen LogP contribution in [0.3, 0.4) is 0 Å². The number of nitro groups is 1. The number of halogens is 1. The highest BCUT2D eigenvalue weighted by molar-refractivity contribution is 5.99. The van der Waals surface area contributed by atoms with Crippen LogP contribution in [-0.2, 0) is 0 Å². The molecule has 0 bridgehead atoms. The maximum atomic E-state index is 13.5. The monoisotopic (exact) mass is 298 g/mol. The zero-order valence-electron chi connectivity index (χ0n) is 11.3. The highest BCUT2D eigenvalue weighted by Crippen LogP contribution is 2.29. The van der Waals surface area contributed by atoms with Gasteiger partial charge in [0.05, 0.1) is 22.3 Å². The van der Waals surface area contributed by atoms with Crippen molar-refractivity contribution >= 4 is 17.3 Å². The maximum Gasteiger partial charge on any atom is 0.285 e. The molecular weight excluding hydrogens is 283 g/mol. The molecule has 8 nitrogen and oxygen atoms in total. The average molecular weight is 298 g/mol. The van der Waals surface area contributed by atoms with Crippen LogP contribution in [0.1, 0.15) is 23.7 Å². The molecule has 0 saturated carbocycles. The van der Waals surface area contributed by atoms with Gasteiger partial charge in [0.15, 0.2) is 5.82 Å². The van der Waals surface area contributed by atoms with E-state index < -0.39 is 27.9 Å². The smallest absolute Gasteiger partial charge is 0.285 e. The highest BCUT2D eigenvalue weighted by Gasteiger charge is 2.36. The van der Waals surface area contributed by atoms with Gasteiger partial charge in [-0.05, 0) is 19.4 Å². The number of nitrogens with one attached hydrogen (secondary N) is 1. The van der Waals surface area contributed by atoms with Gasteiger partial charge in [-0.2, -0.15) is 0 Å². The van der Waals surface area contributed by atoms with Crippen molar-refractivity contribution in [2.24, 2.45) is 5.84 Å². The van der Waals surface area contributed by atoms with Gasteiger partial charge in [-0.3, -0.25) is 20.8 Å². The van der Waals surface area contributed by atoms with Crippen LogP contribution >= 0.6 is 0 Å². The normalized spacial score (nSPS) is 21.4. The van der Waals surface area contributed by atoms with E-state index in [9.17, 15) is 24.4 Å².